The van der Waals surface area contributed by atoms with E-state index in [-0.39, 0.29) is 17.4 Å². The molecule has 1 saturated heterocycles. The highest BCUT2D eigenvalue weighted by Crippen LogP contribution is 2.50. The number of carbonyl (C=O) groups is 3. The zero-order valence-electron chi connectivity index (χ0n) is 24.1. The minimum absolute atomic E-state index is 0.0889. The van der Waals surface area contributed by atoms with Gasteiger partial charge in [0, 0.05) is 41.2 Å². The summed E-state index contributed by atoms with van der Waals surface area (Å²) in [6.07, 6.45) is 3.24. The van der Waals surface area contributed by atoms with Crippen LogP contribution in [0, 0.1) is 0 Å². The van der Waals surface area contributed by atoms with Crippen LogP contribution in [0.15, 0.2) is 96.6 Å². The monoisotopic (exact) mass is 603 g/mol. The number of methoxy groups -OCH3 is 1. The molecule has 3 aliphatic rings. The lowest BCUT2D eigenvalue weighted by molar-refractivity contribution is -0.122. The lowest BCUT2D eigenvalue weighted by atomic mass is 9.76. The molecule has 0 aliphatic carbocycles. The SMILES string of the molecule is COc1ccc(Cl)cc1/C=C1\C(=O)NC(=O)N(c2cc3c4c(c2)[C@H](c2ccccc2)CCN4CC[C@H]3c2ccccc2)C1=O. The van der Waals surface area contributed by atoms with Crippen molar-refractivity contribution >= 4 is 46.9 Å². The molecular weight excluding hydrogens is 574 g/mol. The molecule has 1 N–H and O–H groups in total. The summed E-state index contributed by atoms with van der Waals surface area (Å²) < 4.78 is 5.43. The van der Waals surface area contributed by atoms with Gasteiger partial charge in [-0.05, 0) is 71.5 Å². The largest absolute Gasteiger partial charge is 0.496 e. The van der Waals surface area contributed by atoms with Gasteiger partial charge in [-0.3, -0.25) is 14.9 Å². The molecule has 220 valence electrons. The number of urea groups is 1. The van der Waals surface area contributed by atoms with E-state index in [0.717, 1.165) is 42.0 Å². The Bertz CT molecular complexity index is 1750. The maximum Gasteiger partial charge on any atom is 0.335 e. The third-order valence-corrected chi connectivity index (χ3v) is 9.09. The highest BCUT2D eigenvalue weighted by atomic mass is 35.5. The zero-order valence-corrected chi connectivity index (χ0v) is 24.9. The molecule has 0 unspecified atom stereocenters. The number of nitrogens with zero attached hydrogens (tertiary/aromatic N) is 2. The molecule has 0 aromatic heterocycles. The van der Waals surface area contributed by atoms with E-state index in [4.69, 9.17) is 16.3 Å². The first-order valence-corrected chi connectivity index (χ1v) is 15.1. The van der Waals surface area contributed by atoms with Gasteiger partial charge < -0.3 is 9.64 Å². The van der Waals surface area contributed by atoms with E-state index in [0.29, 0.717) is 22.0 Å². The third-order valence-electron chi connectivity index (χ3n) is 8.85. The molecule has 8 heteroatoms. The number of halogens is 1. The number of rotatable bonds is 5. The quantitative estimate of drug-likeness (QED) is 0.198. The number of carbonyl (C=O) groups excluding carboxylic acids is 3. The Hall–Kier alpha value is -4.88. The summed E-state index contributed by atoms with van der Waals surface area (Å²) in [4.78, 5) is 44.1. The van der Waals surface area contributed by atoms with E-state index in [1.54, 1.807) is 18.2 Å². The zero-order chi connectivity index (χ0) is 30.4. The minimum Gasteiger partial charge on any atom is -0.496 e. The maximum absolute atomic E-state index is 14.1. The highest BCUT2D eigenvalue weighted by Gasteiger charge is 2.40. The van der Waals surface area contributed by atoms with E-state index < -0.39 is 17.8 Å². The fourth-order valence-electron chi connectivity index (χ4n) is 6.83. The summed E-state index contributed by atoms with van der Waals surface area (Å²) in [6, 6.07) is 28.8. The molecule has 0 radical (unpaired) electrons. The average Bonchev–Trinajstić information content (AvgIpc) is 3.04. The van der Waals surface area contributed by atoms with Crippen LogP contribution in [0.25, 0.3) is 6.08 Å². The van der Waals surface area contributed by atoms with Gasteiger partial charge in [0.25, 0.3) is 11.8 Å². The van der Waals surface area contributed by atoms with Crippen LogP contribution in [0.5, 0.6) is 5.75 Å². The highest BCUT2D eigenvalue weighted by molar-refractivity contribution is 6.39. The number of imide groups is 2. The Morgan fingerprint density at radius 2 is 1.41 bits per heavy atom. The number of nitrogens with one attached hydrogen (secondary N) is 1. The van der Waals surface area contributed by atoms with Crippen LogP contribution < -0.4 is 19.9 Å². The average molecular weight is 604 g/mol. The number of amides is 4. The first-order valence-electron chi connectivity index (χ1n) is 14.7. The van der Waals surface area contributed by atoms with E-state index in [2.05, 4.69) is 34.5 Å². The number of hydrogen-bond acceptors (Lipinski definition) is 5. The van der Waals surface area contributed by atoms with Crippen molar-refractivity contribution in [1.29, 1.82) is 0 Å². The number of barbiturate groups is 1. The number of ether oxygens (including phenoxy) is 1. The predicted octanol–water partition coefficient (Wildman–Crippen LogP) is 6.89. The molecule has 2 atom stereocenters. The van der Waals surface area contributed by atoms with Gasteiger partial charge in [0.1, 0.15) is 11.3 Å². The summed E-state index contributed by atoms with van der Waals surface area (Å²) in [5, 5.41) is 2.80. The van der Waals surface area contributed by atoms with Gasteiger partial charge in [0.05, 0.1) is 12.8 Å². The molecule has 3 aliphatic heterocycles. The molecule has 4 aromatic carbocycles. The van der Waals surface area contributed by atoms with E-state index >= 15 is 0 Å². The molecule has 0 bridgehead atoms. The first-order chi connectivity index (χ1) is 21.4. The molecule has 4 aromatic rings. The van der Waals surface area contributed by atoms with Crippen molar-refractivity contribution in [2.45, 2.75) is 24.7 Å². The third kappa shape index (κ3) is 4.83. The fourth-order valence-corrected chi connectivity index (χ4v) is 7.01. The smallest absolute Gasteiger partial charge is 0.335 e. The Morgan fingerprint density at radius 1 is 0.818 bits per heavy atom. The molecule has 0 saturated carbocycles. The van der Waals surface area contributed by atoms with Crippen molar-refractivity contribution in [3.63, 3.8) is 0 Å². The van der Waals surface area contributed by atoms with Crippen molar-refractivity contribution in [3.8, 4) is 5.75 Å². The Labute approximate surface area is 260 Å². The Kier molecular flexibility index (Phi) is 7.18. The van der Waals surface area contributed by atoms with Gasteiger partial charge in [-0.2, -0.15) is 0 Å². The molecule has 3 heterocycles. The molecule has 7 rings (SSSR count). The summed E-state index contributed by atoms with van der Waals surface area (Å²) in [5.74, 6) is -0.852. The van der Waals surface area contributed by atoms with Crippen LogP contribution >= 0.6 is 11.6 Å². The summed E-state index contributed by atoms with van der Waals surface area (Å²) in [7, 11) is 1.50. The van der Waals surface area contributed by atoms with Crippen LogP contribution in [0.1, 0.15) is 52.5 Å². The second kappa shape index (κ2) is 11.3. The van der Waals surface area contributed by atoms with Gasteiger partial charge in [-0.15, -0.1) is 0 Å². The lowest BCUT2D eigenvalue weighted by Crippen LogP contribution is -2.54. The lowest BCUT2D eigenvalue weighted by Gasteiger charge is -2.44. The first kappa shape index (κ1) is 27.9. The van der Waals surface area contributed by atoms with Crippen LogP contribution in [-0.2, 0) is 9.59 Å². The molecule has 1 fully saturated rings. The van der Waals surface area contributed by atoms with Crippen LogP contribution in [0.4, 0.5) is 16.2 Å². The van der Waals surface area contributed by atoms with E-state index in [9.17, 15) is 14.4 Å². The van der Waals surface area contributed by atoms with Crippen LogP contribution in [-0.4, -0.2) is 38.0 Å². The summed E-state index contributed by atoms with van der Waals surface area (Å²) in [6.45, 7) is 1.85. The summed E-state index contributed by atoms with van der Waals surface area (Å²) >= 11 is 6.22. The van der Waals surface area contributed by atoms with Crippen molar-refractivity contribution < 1.29 is 19.1 Å². The number of anilines is 2. The van der Waals surface area contributed by atoms with Crippen LogP contribution in [0.2, 0.25) is 5.02 Å². The topological polar surface area (TPSA) is 79.0 Å². The maximum atomic E-state index is 14.1. The molecule has 44 heavy (non-hydrogen) atoms. The number of hydrogen-bond donors (Lipinski definition) is 1. The second-order valence-electron chi connectivity index (χ2n) is 11.3. The van der Waals surface area contributed by atoms with Crippen molar-refractivity contribution in [2.24, 2.45) is 0 Å². The van der Waals surface area contributed by atoms with Gasteiger partial charge in [-0.1, -0.05) is 72.3 Å². The number of benzene rings is 4. The van der Waals surface area contributed by atoms with Gasteiger partial charge in [-0.25, -0.2) is 9.69 Å². The van der Waals surface area contributed by atoms with Crippen LogP contribution in [0.3, 0.4) is 0 Å². The molecule has 7 nitrogen and oxygen atoms in total. The summed E-state index contributed by atoms with van der Waals surface area (Å²) in [5.41, 5.74) is 6.41. The van der Waals surface area contributed by atoms with Crippen molar-refractivity contribution in [1.82, 2.24) is 5.32 Å². The predicted molar refractivity (Wildman–Crippen MR) is 171 cm³/mol. The molecular formula is C36H30ClN3O4. The van der Waals surface area contributed by atoms with Crippen molar-refractivity contribution in [2.75, 3.05) is 30.0 Å². The second-order valence-corrected chi connectivity index (χ2v) is 11.7. The Morgan fingerprint density at radius 3 is 1.98 bits per heavy atom. The van der Waals surface area contributed by atoms with Gasteiger partial charge in [0.15, 0.2) is 0 Å². The molecule has 0 spiro atoms. The Balaban J connectivity index is 1.40. The van der Waals surface area contributed by atoms with Gasteiger partial charge in [0.2, 0.25) is 0 Å². The standard InChI is InChI=1S/C36H30ClN3O4/c1-44-32-13-12-25(37)18-24(32)19-31-34(41)38-36(43)40(35(31)42)26-20-29-27(22-8-4-2-5-9-22)14-16-39-17-15-28(30(21-26)33(29)39)23-10-6-3-7-11-23/h2-13,18-21,27-28H,14-17H2,1H3,(H,38,41,43)/b31-19+/t27-,28-/m0/s1. The van der Waals surface area contributed by atoms with E-state index in [1.165, 1.54) is 30.0 Å². The molecule has 4 amide bonds. The van der Waals surface area contributed by atoms with Gasteiger partial charge >= 0.3 is 6.03 Å². The minimum atomic E-state index is -0.779. The van der Waals surface area contributed by atoms with Crippen molar-refractivity contribution in [3.05, 3.63) is 129 Å². The van der Waals surface area contributed by atoms with E-state index in [1.807, 2.05) is 48.5 Å². The normalized spacial score (nSPS) is 20.4. The fraction of sp³-hybridized carbons (Fsp3) is 0.194.